The molecular formula is C27H35N7O5. The van der Waals surface area contributed by atoms with Crippen molar-refractivity contribution >= 4 is 34.3 Å². The maximum atomic E-state index is 13.4. The molecule has 1 aromatic heterocycles. The third-order valence-corrected chi connectivity index (χ3v) is 6.21. The molecule has 0 unspecified atom stereocenters. The number of pyridine rings is 1. The van der Waals surface area contributed by atoms with Crippen LogP contribution >= 0.6 is 0 Å². The number of anilines is 1. The second kappa shape index (κ2) is 13.6. The van der Waals surface area contributed by atoms with Crippen LogP contribution < -0.4 is 33.4 Å². The zero-order valence-corrected chi connectivity index (χ0v) is 21.7. The molecule has 3 amide bonds. The first-order chi connectivity index (χ1) is 18.6. The summed E-state index contributed by atoms with van der Waals surface area (Å²) in [6.07, 6.45) is -1.84. The lowest BCUT2D eigenvalue weighted by atomic mass is 9.99. The van der Waals surface area contributed by atoms with Gasteiger partial charge in [0.15, 0.2) is 0 Å². The number of amides is 3. The number of hydrogen-bond donors (Lipinski definition) is 7. The second-order valence-corrected chi connectivity index (χ2v) is 9.20. The zero-order valence-electron chi connectivity index (χ0n) is 21.7. The smallest absolute Gasteiger partial charge is 0.272 e. The van der Waals surface area contributed by atoms with E-state index >= 15 is 0 Å². The number of carbonyl (C=O) groups excluding carboxylic acids is 3. The van der Waals surface area contributed by atoms with Crippen LogP contribution in [0.25, 0.3) is 10.9 Å². The van der Waals surface area contributed by atoms with Crippen LogP contribution in [0.15, 0.2) is 59.4 Å². The number of para-hydroxylation sites is 1. The molecule has 1 heterocycles. The van der Waals surface area contributed by atoms with Crippen molar-refractivity contribution in [1.82, 2.24) is 15.2 Å². The minimum absolute atomic E-state index is 0.0623. The summed E-state index contributed by atoms with van der Waals surface area (Å²) >= 11 is 0. The molecule has 3 atom stereocenters. The van der Waals surface area contributed by atoms with Gasteiger partial charge in [-0.15, -0.1) is 0 Å². The van der Waals surface area contributed by atoms with Crippen LogP contribution in [0.4, 0.5) is 5.69 Å². The predicted octanol–water partition coefficient (Wildman–Crippen LogP) is -0.543. The van der Waals surface area contributed by atoms with Crippen LogP contribution in [-0.4, -0.2) is 71.0 Å². The molecule has 0 bridgehead atoms. The number of nitrogens with one attached hydrogen (secondary N) is 3. The number of benzene rings is 2. The van der Waals surface area contributed by atoms with Gasteiger partial charge in [0.25, 0.3) is 5.56 Å². The molecular weight excluding hydrogens is 502 g/mol. The summed E-state index contributed by atoms with van der Waals surface area (Å²) in [7, 11) is 0. The molecule has 0 aliphatic carbocycles. The van der Waals surface area contributed by atoms with E-state index in [0.717, 1.165) is 5.56 Å². The van der Waals surface area contributed by atoms with E-state index in [-0.39, 0.29) is 38.3 Å². The van der Waals surface area contributed by atoms with Gasteiger partial charge in [0.05, 0.1) is 12.5 Å². The molecule has 0 radical (unpaired) electrons. The van der Waals surface area contributed by atoms with Crippen LogP contribution in [-0.2, 0) is 14.4 Å². The summed E-state index contributed by atoms with van der Waals surface area (Å²) in [6.45, 7) is 2.80. The van der Waals surface area contributed by atoms with Gasteiger partial charge >= 0.3 is 0 Å². The topological polar surface area (TPSA) is 210 Å². The summed E-state index contributed by atoms with van der Waals surface area (Å²) in [5, 5.41) is 16.7. The summed E-state index contributed by atoms with van der Waals surface area (Å²) in [5.74, 6) is -2.09. The number of nitrogens with zero attached hydrogens (tertiary/aromatic N) is 1. The summed E-state index contributed by atoms with van der Waals surface area (Å²) in [6, 6.07) is 12.4. The molecule has 0 aliphatic rings. The van der Waals surface area contributed by atoms with E-state index in [0.29, 0.717) is 16.5 Å². The number of aliphatic hydroxyl groups is 1. The fourth-order valence-electron chi connectivity index (χ4n) is 4.04. The van der Waals surface area contributed by atoms with Gasteiger partial charge in [-0.3, -0.25) is 19.2 Å². The highest BCUT2D eigenvalue weighted by Crippen LogP contribution is 2.20. The van der Waals surface area contributed by atoms with Crippen molar-refractivity contribution in [2.24, 2.45) is 17.2 Å². The van der Waals surface area contributed by atoms with Gasteiger partial charge in [0, 0.05) is 37.1 Å². The Labute approximate surface area is 225 Å². The minimum Gasteiger partial charge on any atom is -0.386 e. The fourth-order valence-corrected chi connectivity index (χ4v) is 4.04. The highest BCUT2D eigenvalue weighted by molar-refractivity contribution is 6.00. The number of aryl methyl sites for hydroxylation is 1. The van der Waals surface area contributed by atoms with Crippen molar-refractivity contribution in [2.45, 2.75) is 31.5 Å². The predicted molar refractivity (Wildman–Crippen MR) is 149 cm³/mol. The largest absolute Gasteiger partial charge is 0.386 e. The van der Waals surface area contributed by atoms with Gasteiger partial charge in [-0.2, -0.15) is 0 Å². The third kappa shape index (κ3) is 7.71. The number of aromatic amines is 1. The van der Waals surface area contributed by atoms with Gasteiger partial charge in [-0.05, 0) is 24.6 Å². The van der Waals surface area contributed by atoms with Crippen LogP contribution in [0.3, 0.4) is 0 Å². The van der Waals surface area contributed by atoms with Gasteiger partial charge in [-0.1, -0.05) is 48.0 Å². The molecule has 0 fully saturated rings. The lowest BCUT2D eigenvalue weighted by Gasteiger charge is -2.26. The average molecular weight is 538 g/mol. The molecule has 0 aliphatic heterocycles. The number of aromatic nitrogens is 1. The number of fused-ring (bicyclic) bond motifs is 1. The van der Waals surface area contributed by atoms with Crippen molar-refractivity contribution in [2.75, 3.05) is 31.5 Å². The Morgan fingerprint density at radius 1 is 1.00 bits per heavy atom. The van der Waals surface area contributed by atoms with Crippen molar-refractivity contribution in [3.8, 4) is 0 Å². The number of carbonyl (C=O) groups is 3. The Bertz CT molecular complexity index is 1350. The van der Waals surface area contributed by atoms with E-state index in [1.165, 1.54) is 11.0 Å². The molecule has 3 rings (SSSR count). The molecule has 208 valence electrons. The quantitative estimate of drug-likeness (QED) is 0.159. The van der Waals surface area contributed by atoms with Crippen LogP contribution in [0, 0.1) is 6.92 Å². The van der Waals surface area contributed by atoms with Crippen molar-refractivity contribution in [1.29, 1.82) is 0 Å². The Kier molecular flexibility index (Phi) is 10.3. The lowest BCUT2D eigenvalue weighted by Crippen LogP contribution is -2.54. The number of rotatable bonds is 12. The van der Waals surface area contributed by atoms with Gasteiger partial charge in [0.1, 0.15) is 17.8 Å². The molecule has 0 spiro atoms. The molecule has 12 nitrogen and oxygen atoms in total. The van der Waals surface area contributed by atoms with E-state index in [1.807, 2.05) is 6.92 Å². The van der Waals surface area contributed by atoms with E-state index < -0.39 is 41.5 Å². The number of H-pyrrole nitrogens is 1. The molecule has 39 heavy (non-hydrogen) atoms. The van der Waals surface area contributed by atoms with Gasteiger partial charge in [-0.25, -0.2) is 0 Å². The van der Waals surface area contributed by atoms with Gasteiger partial charge < -0.3 is 42.8 Å². The second-order valence-electron chi connectivity index (χ2n) is 9.20. The Morgan fingerprint density at radius 3 is 2.28 bits per heavy atom. The number of nitrogens with two attached hydrogens (primary N) is 3. The summed E-state index contributed by atoms with van der Waals surface area (Å²) < 4.78 is 0. The SMILES string of the molecule is Cc1ccc([C@@H](O)[C@H](NC(=O)[C@@H](N)CC(=O)N(CCN)CCN)C(=O)Nc2cc3ccccc3[nH]c2=O)cc1. The van der Waals surface area contributed by atoms with Gasteiger partial charge in [0.2, 0.25) is 17.7 Å². The van der Waals surface area contributed by atoms with Crippen molar-refractivity contribution in [3.63, 3.8) is 0 Å². The third-order valence-electron chi connectivity index (χ3n) is 6.21. The molecule has 0 saturated heterocycles. The fraction of sp³-hybridized carbons (Fsp3) is 0.333. The molecule has 10 N–H and O–H groups in total. The molecule has 12 heteroatoms. The molecule has 3 aromatic rings. The summed E-state index contributed by atoms with van der Waals surface area (Å²) in [4.78, 5) is 55.7. The van der Waals surface area contributed by atoms with E-state index in [1.54, 1.807) is 48.5 Å². The lowest BCUT2D eigenvalue weighted by molar-refractivity contribution is -0.135. The Balaban J connectivity index is 1.83. The Hall–Kier alpha value is -4.10. The maximum Gasteiger partial charge on any atom is 0.272 e. The van der Waals surface area contributed by atoms with Crippen molar-refractivity contribution < 1.29 is 19.5 Å². The Morgan fingerprint density at radius 2 is 1.64 bits per heavy atom. The average Bonchev–Trinajstić information content (AvgIpc) is 2.91. The monoisotopic (exact) mass is 537 g/mol. The van der Waals surface area contributed by atoms with E-state index in [2.05, 4.69) is 15.6 Å². The first-order valence-corrected chi connectivity index (χ1v) is 12.6. The molecule has 2 aromatic carbocycles. The number of hydrogen-bond acceptors (Lipinski definition) is 8. The first kappa shape index (κ1) is 29.5. The standard InChI is InChI=1S/C27H35N7O5/c1-16-6-8-17(9-7-16)24(36)23(33-25(37)19(30)15-22(35)34(12-10-28)13-11-29)27(39)32-21-14-18-4-2-3-5-20(18)31-26(21)38/h2-9,14,19,23-24,36H,10-13,15,28-30H2,1H3,(H,31,38)(H,32,39)(H,33,37)/t19-,23-,24+/m0/s1. The van der Waals surface area contributed by atoms with Crippen LogP contribution in [0.5, 0.6) is 0 Å². The number of aliphatic hydroxyl groups excluding tert-OH is 1. The summed E-state index contributed by atoms with van der Waals surface area (Å²) in [5.41, 5.74) is 18.3. The van der Waals surface area contributed by atoms with E-state index in [9.17, 15) is 24.3 Å². The molecule has 0 saturated carbocycles. The highest BCUT2D eigenvalue weighted by Gasteiger charge is 2.32. The minimum atomic E-state index is -1.53. The highest BCUT2D eigenvalue weighted by atomic mass is 16.3. The zero-order chi connectivity index (χ0) is 28.5. The van der Waals surface area contributed by atoms with Crippen LogP contribution in [0.1, 0.15) is 23.7 Å². The maximum absolute atomic E-state index is 13.4. The van der Waals surface area contributed by atoms with Crippen LogP contribution in [0.2, 0.25) is 0 Å². The normalized spacial score (nSPS) is 13.4. The first-order valence-electron chi connectivity index (χ1n) is 12.6. The van der Waals surface area contributed by atoms with E-state index in [4.69, 9.17) is 17.2 Å². The van der Waals surface area contributed by atoms with Crippen molar-refractivity contribution in [3.05, 3.63) is 76.1 Å².